The molecular weight excluding hydrogens is 170 g/mol. The van der Waals surface area contributed by atoms with E-state index < -0.39 is 0 Å². The standard InChI is InChI=1S/C11H12N.C2H6/c1-9-7-8-10-5-3-4-6-11(10)12(9)2;1-2/h3-8H,1-2H3;1-2H3/q+1;. The lowest BCUT2D eigenvalue weighted by atomic mass is 10.2. The summed E-state index contributed by atoms with van der Waals surface area (Å²) in [6.07, 6.45) is 0. The largest absolute Gasteiger partial charge is 0.212 e. The van der Waals surface area contributed by atoms with E-state index in [0.29, 0.717) is 0 Å². The van der Waals surface area contributed by atoms with Crippen LogP contribution in [-0.4, -0.2) is 0 Å². The Kier molecular flexibility index (Phi) is 3.63. The topological polar surface area (TPSA) is 3.88 Å². The van der Waals surface area contributed by atoms with E-state index in [4.69, 9.17) is 0 Å². The van der Waals surface area contributed by atoms with Gasteiger partial charge in [0.2, 0.25) is 5.52 Å². The monoisotopic (exact) mass is 188 g/mol. The van der Waals surface area contributed by atoms with Crippen molar-refractivity contribution in [1.82, 2.24) is 0 Å². The third-order valence-corrected chi connectivity index (χ3v) is 2.33. The third kappa shape index (κ3) is 1.92. The van der Waals surface area contributed by atoms with Crippen molar-refractivity contribution >= 4 is 10.9 Å². The lowest BCUT2D eigenvalue weighted by Gasteiger charge is -1.97. The predicted octanol–water partition coefficient (Wildman–Crippen LogP) is 3.00. The van der Waals surface area contributed by atoms with Crippen molar-refractivity contribution in [2.75, 3.05) is 0 Å². The summed E-state index contributed by atoms with van der Waals surface area (Å²) in [6.45, 7) is 6.12. The second kappa shape index (κ2) is 4.75. The highest BCUT2D eigenvalue weighted by Gasteiger charge is 2.05. The second-order valence-electron chi connectivity index (χ2n) is 3.09. The zero-order valence-electron chi connectivity index (χ0n) is 9.41. The van der Waals surface area contributed by atoms with Crippen LogP contribution in [0.4, 0.5) is 0 Å². The fourth-order valence-electron chi connectivity index (χ4n) is 1.45. The molecule has 2 aromatic rings. The Bertz CT molecular complexity index is 419. The summed E-state index contributed by atoms with van der Waals surface area (Å²) in [5.74, 6) is 0. The molecule has 0 saturated heterocycles. The van der Waals surface area contributed by atoms with E-state index in [0.717, 1.165) is 0 Å². The van der Waals surface area contributed by atoms with Gasteiger partial charge in [-0.05, 0) is 12.1 Å². The second-order valence-corrected chi connectivity index (χ2v) is 3.09. The molecule has 1 aromatic heterocycles. The molecule has 1 heteroatoms. The minimum absolute atomic E-state index is 1.29. The first-order valence-corrected chi connectivity index (χ1v) is 5.13. The van der Waals surface area contributed by atoms with Gasteiger partial charge in [0, 0.05) is 24.4 Å². The van der Waals surface area contributed by atoms with Gasteiger partial charge in [-0.25, -0.2) is 0 Å². The number of aromatic nitrogens is 1. The zero-order chi connectivity index (χ0) is 10.6. The molecule has 0 N–H and O–H groups in total. The number of rotatable bonds is 0. The molecule has 0 radical (unpaired) electrons. The molecule has 0 bridgehead atoms. The predicted molar refractivity (Wildman–Crippen MR) is 61.2 cm³/mol. The van der Waals surface area contributed by atoms with Crippen LogP contribution < -0.4 is 4.57 Å². The summed E-state index contributed by atoms with van der Waals surface area (Å²) in [5, 5.41) is 1.30. The van der Waals surface area contributed by atoms with Crippen LogP contribution in [0, 0.1) is 6.92 Å². The zero-order valence-corrected chi connectivity index (χ0v) is 9.41. The van der Waals surface area contributed by atoms with Crippen molar-refractivity contribution in [2.45, 2.75) is 20.8 Å². The quantitative estimate of drug-likeness (QED) is 0.560. The van der Waals surface area contributed by atoms with Gasteiger partial charge in [0.1, 0.15) is 7.05 Å². The van der Waals surface area contributed by atoms with Crippen LogP contribution in [0.25, 0.3) is 10.9 Å². The molecule has 0 amide bonds. The molecule has 0 aliphatic carbocycles. The van der Waals surface area contributed by atoms with E-state index in [1.165, 1.54) is 16.6 Å². The molecule has 2 rings (SSSR count). The van der Waals surface area contributed by atoms with Gasteiger partial charge >= 0.3 is 0 Å². The minimum atomic E-state index is 1.29. The molecule has 0 aliphatic rings. The summed E-state index contributed by atoms with van der Waals surface area (Å²) in [4.78, 5) is 0. The van der Waals surface area contributed by atoms with Crippen LogP contribution in [0.3, 0.4) is 0 Å². The summed E-state index contributed by atoms with van der Waals surface area (Å²) < 4.78 is 2.20. The maximum atomic E-state index is 2.20. The average Bonchev–Trinajstić information content (AvgIpc) is 2.27. The number of nitrogens with zero attached hydrogens (tertiary/aromatic N) is 1. The van der Waals surface area contributed by atoms with Crippen molar-refractivity contribution in [3.05, 3.63) is 42.1 Å². The first kappa shape index (κ1) is 10.7. The van der Waals surface area contributed by atoms with E-state index in [1.54, 1.807) is 0 Å². The summed E-state index contributed by atoms with van der Waals surface area (Å²) in [6, 6.07) is 12.7. The maximum Gasteiger partial charge on any atom is 0.212 e. The Morgan fingerprint density at radius 2 is 1.57 bits per heavy atom. The highest BCUT2D eigenvalue weighted by molar-refractivity contribution is 5.75. The third-order valence-electron chi connectivity index (χ3n) is 2.33. The number of pyridine rings is 1. The lowest BCUT2D eigenvalue weighted by Crippen LogP contribution is -2.32. The van der Waals surface area contributed by atoms with Crippen molar-refractivity contribution < 1.29 is 4.57 Å². The smallest absolute Gasteiger partial charge is 0.199 e. The number of hydrogen-bond donors (Lipinski definition) is 0. The average molecular weight is 188 g/mol. The van der Waals surface area contributed by atoms with E-state index >= 15 is 0 Å². The number of hydrogen-bond acceptors (Lipinski definition) is 0. The molecular formula is C13H18N+. The number of fused-ring (bicyclic) bond motifs is 1. The molecule has 0 fully saturated rings. The number of para-hydroxylation sites is 1. The van der Waals surface area contributed by atoms with Crippen LogP contribution >= 0.6 is 0 Å². The maximum absolute atomic E-state index is 2.20. The molecule has 14 heavy (non-hydrogen) atoms. The van der Waals surface area contributed by atoms with Crippen LogP contribution in [0.15, 0.2) is 36.4 Å². The molecule has 1 nitrogen and oxygen atoms in total. The molecule has 1 heterocycles. The molecule has 0 saturated carbocycles. The highest BCUT2D eigenvalue weighted by atomic mass is 14.9. The van der Waals surface area contributed by atoms with Crippen molar-refractivity contribution in [2.24, 2.45) is 7.05 Å². The Hall–Kier alpha value is -1.37. The summed E-state index contributed by atoms with van der Waals surface area (Å²) in [5.41, 5.74) is 2.58. The van der Waals surface area contributed by atoms with Gasteiger partial charge in [-0.1, -0.05) is 26.0 Å². The molecule has 1 aromatic carbocycles. The van der Waals surface area contributed by atoms with E-state index in [-0.39, 0.29) is 0 Å². The Morgan fingerprint density at radius 1 is 0.929 bits per heavy atom. The SMILES string of the molecule is CC.Cc1ccc2ccccc2[n+]1C. The van der Waals surface area contributed by atoms with Crippen LogP contribution in [0.1, 0.15) is 19.5 Å². The summed E-state index contributed by atoms with van der Waals surface area (Å²) in [7, 11) is 2.09. The molecule has 74 valence electrons. The van der Waals surface area contributed by atoms with Gasteiger partial charge in [-0.15, -0.1) is 0 Å². The van der Waals surface area contributed by atoms with Gasteiger partial charge in [-0.2, -0.15) is 4.57 Å². The van der Waals surface area contributed by atoms with Gasteiger partial charge in [0.25, 0.3) is 0 Å². The summed E-state index contributed by atoms with van der Waals surface area (Å²) >= 11 is 0. The van der Waals surface area contributed by atoms with Gasteiger partial charge in [0.15, 0.2) is 5.69 Å². The van der Waals surface area contributed by atoms with Gasteiger partial charge < -0.3 is 0 Å². The minimum Gasteiger partial charge on any atom is -0.199 e. The van der Waals surface area contributed by atoms with Crippen LogP contribution in [0.5, 0.6) is 0 Å². The molecule has 0 unspecified atom stereocenters. The fourth-order valence-corrected chi connectivity index (χ4v) is 1.45. The van der Waals surface area contributed by atoms with Crippen LogP contribution in [0.2, 0.25) is 0 Å². The van der Waals surface area contributed by atoms with Gasteiger partial charge in [-0.3, -0.25) is 0 Å². The normalized spacial score (nSPS) is 9.43. The lowest BCUT2D eigenvalue weighted by molar-refractivity contribution is -0.651. The van der Waals surface area contributed by atoms with Crippen molar-refractivity contribution in [3.8, 4) is 0 Å². The number of aryl methyl sites for hydroxylation is 2. The van der Waals surface area contributed by atoms with E-state index in [9.17, 15) is 0 Å². The van der Waals surface area contributed by atoms with Crippen molar-refractivity contribution in [1.29, 1.82) is 0 Å². The molecule has 0 aliphatic heterocycles. The van der Waals surface area contributed by atoms with Gasteiger partial charge in [0.05, 0.1) is 0 Å². The van der Waals surface area contributed by atoms with Crippen LogP contribution in [-0.2, 0) is 7.05 Å². The number of benzene rings is 1. The molecule has 0 spiro atoms. The Balaban J connectivity index is 0.000000461. The van der Waals surface area contributed by atoms with Crippen molar-refractivity contribution in [3.63, 3.8) is 0 Å². The fraction of sp³-hybridized carbons (Fsp3) is 0.308. The first-order valence-electron chi connectivity index (χ1n) is 5.13. The van der Waals surface area contributed by atoms with E-state index in [2.05, 4.69) is 54.9 Å². The molecule has 0 atom stereocenters. The first-order chi connectivity index (χ1) is 6.79. The Morgan fingerprint density at radius 3 is 2.29 bits per heavy atom. The Labute approximate surface area is 86.0 Å². The van der Waals surface area contributed by atoms with E-state index in [1.807, 2.05) is 13.8 Å². The highest BCUT2D eigenvalue weighted by Crippen LogP contribution is 2.08.